The van der Waals surface area contributed by atoms with Gasteiger partial charge in [0.05, 0.1) is 52.1 Å². The van der Waals surface area contributed by atoms with Crippen LogP contribution in [-0.4, -0.2) is 29.2 Å². The second-order valence-electron chi connectivity index (χ2n) is 9.06. The van der Waals surface area contributed by atoms with Crippen LogP contribution in [-0.2, 0) is 9.53 Å². The zero-order chi connectivity index (χ0) is 28.6. The fraction of sp³-hybridized carbons (Fsp3) is 0.207. The lowest BCUT2D eigenvalue weighted by molar-refractivity contribution is -0.384. The smallest absolute Gasteiger partial charge is 0.338 e. The second-order valence-corrected chi connectivity index (χ2v) is 10.1. The van der Waals surface area contributed by atoms with Crippen molar-refractivity contribution >= 4 is 29.1 Å². The molecule has 0 saturated heterocycles. The number of methoxy groups -OCH3 is 1. The van der Waals surface area contributed by atoms with Gasteiger partial charge in [-0.1, -0.05) is 41.2 Å². The van der Waals surface area contributed by atoms with Gasteiger partial charge in [-0.2, -0.15) is 0 Å². The van der Waals surface area contributed by atoms with E-state index in [4.69, 9.17) is 13.9 Å². The van der Waals surface area contributed by atoms with E-state index in [1.165, 1.54) is 35.1 Å². The summed E-state index contributed by atoms with van der Waals surface area (Å²) in [6.45, 7) is 5.63. The summed E-state index contributed by atoms with van der Waals surface area (Å²) in [6.07, 6.45) is 1.61. The first-order valence-corrected chi connectivity index (χ1v) is 13.2. The van der Waals surface area contributed by atoms with E-state index in [0.717, 1.165) is 11.1 Å². The molecule has 0 amide bonds. The molecule has 1 unspecified atom stereocenters. The predicted molar refractivity (Wildman–Crippen MR) is 149 cm³/mol. The van der Waals surface area contributed by atoms with Crippen LogP contribution in [0.15, 0.2) is 80.1 Å². The Kier molecular flexibility index (Phi) is 7.22. The highest BCUT2D eigenvalue weighted by atomic mass is 32.1. The minimum Gasteiger partial charge on any atom is -0.496 e. The number of thiazole rings is 1. The van der Waals surface area contributed by atoms with Gasteiger partial charge in [0.2, 0.25) is 0 Å². The van der Waals surface area contributed by atoms with Crippen LogP contribution in [0.1, 0.15) is 36.8 Å². The van der Waals surface area contributed by atoms with Crippen LogP contribution in [0, 0.1) is 17.0 Å². The minimum absolute atomic E-state index is 0.103. The summed E-state index contributed by atoms with van der Waals surface area (Å²) in [6, 6.07) is 14.6. The van der Waals surface area contributed by atoms with Crippen molar-refractivity contribution in [1.29, 1.82) is 0 Å². The van der Waals surface area contributed by atoms with Gasteiger partial charge >= 0.3 is 5.97 Å². The van der Waals surface area contributed by atoms with Gasteiger partial charge in [0.1, 0.15) is 17.3 Å². The molecule has 0 bridgehead atoms. The molecule has 3 heterocycles. The molecular formula is C29H25N3O7S. The molecule has 1 atom stereocenters. The SMILES string of the molecule is CCOC(=O)C1=C(C)N=c2s/c(=C\c3ccc(-c4ccc([N+](=O)[O-])cc4OC)o3)c(=O)n2C1c1ccc(C)cc1. The molecule has 2 aromatic heterocycles. The van der Waals surface area contributed by atoms with E-state index in [2.05, 4.69) is 4.99 Å². The summed E-state index contributed by atoms with van der Waals surface area (Å²) < 4.78 is 18.5. The number of hydrogen-bond donors (Lipinski definition) is 0. The van der Waals surface area contributed by atoms with Crippen LogP contribution in [0.2, 0.25) is 0 Å². The van der Waals surface area contributed by atoms with E-state index in [1.807, 2.05) is 31.2 Å². The molecule has 1 aliphatic rings. The predicted octanol–water partition coefficient (Wildman–Crippen LogP) is 4.28. The number of benzene rings is 2. The molecule has 40 heavy (non-hydrogen) atoms. The summed E-state index contributed by atoms with van der Waals surface area (Å²) >= 11 is 1.19. The summed E-state index contributed by atoms with van der Waals surface area (Å²) in [4.78, 5) is 42.4. The van der Waals surface area contributed by atoms with Crippen LogP contribution in [0.4, 0.5) is 5.69 Å². The number of rotatable bonds is 7. The fourth-order valence-corrected chi connectivity index (χ4v) is 5.58. The zero-order valence-corrected chi connectivity index (χ0v) is 23.0. The molecule has 0 fully saturated rings. The largest absolute Gasteiger partial charge is 0.496 e. The number of ether oxygens (including phenoxy) is 2. The van der Waals surface area contributed by atoms with E-state index < -0.39 is 16.9 Å². The zero-order valence-electron chi connectivity index (χ0n) is 22.2. The molecule has 10 nitrogen and oxygen atoms in total. The lowest BCUT2D eigenvalue weighted by Gasteiger charge is -2.24. The number of allylic oxidation sites excluding steroid dienone is 1. The standard InChI is InChI=1S/C29H25N3O7S/c1-5-38-28(34)25-17(3)30-29-31(26(25)18-8-6-16(2)7-9-18)27(33)24(40-29)15-20-11-13-22(39-20)21-12-10-19(32(35)36)14-23(21)37-4/h6-15,26H,5H2,1-4H3/b24-15-. The Morgan fingerprint density at radius 3 is 2.60 bits per heavy atom. The van der Waals surface area contributed by atoms with Crippen LogP contribution in [0.5, 0.6) is 5.75 Å². The van der Waals surface area contributed by atoms with Crippen molar-refractivity contribution < 1.29 is 23.6 Å². The number of esters is 1. The molecule has 0 N–H and O–H groups in total. The van der Waals surface area contributed by atoms with Gasteiger partial charge < -0.3 is 13.9 Å². The molecule has 5 rings (SSSR count). The van der Waals surface area contributed by atoms with Gasteiger partial charge in [-0.05, 0) is 44.5 Å². The fourth-order valence-electron chi connectivity index (χ4n) is 4.56. The highest BCUT2D eigenvalue weighted by Gasteiger charge is 2.33. The number of nitro groups is 1. The first-order chi connectivity index (χ1) is 19.2. The van der Waals surface area contributed by atoms with Crippen LogP contribution in [0.25, 0.3) is 17.4 Å². The van der Waals surface area contributed by atoms with Gasteiger partial charge in [-0.25, -0.2) is 9.79 Å². The monoisotopic (exact) mass is 559 g/mol. The van der Waals surface area contributed by atoms with E-state index >= 15 is 0 Å². The lowest BCUT2D eigenvalue weighted by Crippen LogP contribution is -2.39. The summed E-state index contributed by atoms with van der Waals surface area (Å²) in [5.74, 6) is 0.587. The Morgan fingerprint density at radius 2 is 1.93 bits per heavy atom. The van der Waals surface area contributed by atoms with Crippen LogP contribution in [0.3, 0.4) is 0 Å². The van der Waals surface area contributed by atoms with Gasteiger partial charge in [-0.15, -0.1) is 0 Å². The number of furan rings is 1. The molecular weight excluding hydrogens is 534 g/mol. The molecule has 0 saturated carbocycles. The number of non-ortho nitro benzene ring substituents is 1. The third kappa shape index (κ3) is 4.87. The minimum atomic E-state index is -0.699. The average Bonchev–Trinajstić information content (AvgIpc) is 3.52. The Bertz CT molecular complexity index is 1850. The summed E-state index contributed by atoms with van der Waals surface area (Å²) in [7, 11) is 1.42. The number of fused-ring (bicyclic) bond motifs is 1. The highest BCUT2D eigenvalue weighted by Crippen LogP contribution is 2.34. The van der Waals surface area contributed by atoms with Gasteiger partial charge in [0.15, 0.2) is 4.80 Å². The lowest BCUT2D eigenvalue weighted by atomic mass is 9.95. The number of aryl methyl sites for hydroxylation is 1. The third-order valence-corrected chi connectivity index (χ3v) is 7.45. The first kappa shape index (κ1) is 26.8. The van der Waals surface area contributed by atoms with E-state index in [9.17, 15) is 19.7 Å². The summed E-state index contributed by atoms with van der Waals surface area (Å²) in [5, 5.41) is 11.1. The second kappa shape index (κ2) is 10.8. The van der Waals surface area contributed by atoms with Gasteiger partial charge in [-0.3, -0.25) is 19.5 Å². The quantitative estimate of drug-likeness (QED) is 0.188. The highest BCUT2D eigenvalue weighted by molar-refractivity contribution is 7.07. The molecule has 2 aromatic carbocycles. The maximum atomic E-state index is 13.8. The van der Waals surface area contributed by atoms with Crippen molar-refractivity contribution in [1.82, 2.24) is 4.57 Å². The number of aromatic nitrogens is 1. The van der Waals surface area contributed by atoms with Crippen molar-refractivity contribution in [2.75, 3.05) is 13.7 Å². The molecule has 0 aliphatic carbocycles. The molecule has 204 valence electrons. The molecule has 11 heteroatoms. The average molecular weight is 560 g/mol. The number of carbonyl (C=O) groups excluding carboxylic acids is 1. The number of hydrogen-bond acceptors (Lipinski definition) is 9. The molecule has 0 spiro atoms. The van der Waals surface area contributed by atoms with Crippen molar-refractivity contribution in [3.05, 3.63) is 113 Å². The number of nitrogens with zero attached hydrogens (tertiary/aromatic N) is 3. The first-order valence-electron chi connectivity index (χ1n) is 12.4. The maximum absolute atomic E-state index is 13.8. The van der Waals surface area contributed by atoms with Crippen molar-refractivity contribution in [3.8, 4) is 17.1 Å². The van der Waals surface area contributed by atoms with Crippen molar-refractivity contribution in [2.45, 2.75) is 26.8 Å². The molecule has 0 radical (unpaired) electrons. The molecule has 1 aliphatic heterocycles. The van der Waals surface area contributed by atoms with Crippen LogP contribution >= 0.6 is 11.3 Å². The number of carbonyl (C=O) groups is 1. The van der Waals surface area contributed by atoms with Crippen LogP contribution < -0.4 is 19.6 Å². The van der Waals surface area contributed by atoms with E-state index in [1.54, 1.807) is 38.1 Å². The maximum Gasteiger partial charge on any atom is 0.338 e. The number of nitro benzene ring substituents is 1. The van der Waals surface area contributed by atoms with Crippen molar-refractivity contribution in [3.63, 3.8) is 0 Å². The summed E-state index contributed by atoms with van der Waals surface area (Å²) in [5.41, 5.74) is 2.72. The van der Waals surface area contributed by atoms with E-state index in [-0.39, 0.29) is 23.6 Å². The van der Waals surface area contributed by atoms with Crippen molar-refractivity contribution in [2.24, 2.45) is 4.99 Å². The van der Waals surface area contributed by atoms with Gasteiger partial charge in [0, 0.05) is 12.1 Å². The van der Waals surface area contributed by atoms with Gasteiger partial charge in [0.25, 0.3) is 11.2 Å². The Morgan fingerprint density at radius 1 is 1.18 bits per heavy atom. The molecule has 4 aromatic rings. The Hall–Kier alpha value is -4.77. The Balaban J connectivity index is 1.61. The third-order valence-electron chi connectivity index (χ3n) is 6.47. The topological polar surface area (TPSA) is 126 Å². The normalized spacial score (nSPS) is 15.0. The van der Waals surface area contributed by atoms with E-state index in [0.29, 0.717) is 37.7 Å². The Labute approximate surface area is 232 Å².